The van der Waals surface area contributed by atoms with Gasteiger partial charge in [0.2, 0.25) is 0 Å². The topological polar surface area (TPSA) is 17.1 Å². The van der Waals surface area contributed by atoms with Crippen LogP contribution in [0.3, 0.4) is 0 Å². The molecule has 104 valence electrons. The Morgan fingerprint density at radius 2 is 1.70 bits per heavy atom. The maximum atomic E-state index is 12.0. The molecule has 0 spiro atoms. The number of hydrogen-bond donors (Lipinski definition) is 0. The molecule has 0 aromatic heterocycles. The van der Waals surface area contributed by atoms with E-state index in [9.17, 15) is 4.79 Å². The first-order chi connectivity index (χ1) is 9.54. The van der Waals surface area contributed by atoms with Crippen LogP contribution >= 0.6 is 55.2 Å². The fourth-order valence-corrected chi connectivity index (χ4v) is 3.39. The molecule has 20 heavy (non-hydrogen) atoms. The summed E-state index contributed by atoms with van der Waals surface area (Å²) in [5.74, 6) is 0.621. The van der Waals surface area contributed by atoms with Crippen molar-refractivity contribution in [1.29, 1.82) is 0 Å². The molecule has 0 saturated carbocycles. The number of thioether (sulfide) groups is 1. The second-order valence-corrected chi connectivity index (χ2v) is 7.48. The monoisotopic (exact) mass is 432 g/mol. The fourth-order valence-electron chi connectivity index (χ4n) is 1.62. The van der Waals surface area contributed by atoms with Gasteiger partial charge in [-0.15, -0.1) is 11.8 Å². The lowest BCUT2D eigenvalue weighted by Gasteiger charge is -2.05. The largest absolute Gasteiger partial charge is 0.298 e. The van der Waals surface area contributed by atoms with Crippen LogP contribution in [0, 0.1) is 0 Å². The van der Waals surface area contributed by atoms with Gasteiger partial charge in [-0.3, -0.25) is 4.79 Å². The molecular weight excluding hydrogens is 423 g/mol. The molecule has 0 unspecified atom stereocenters. The molecule has 5 heteroatoms. The Morgan fingerprint density at radius 3 is 2.35 bits per heavy atom. The Kier molecular flexibility index (Phi) is 6.15. The lowest BCUT2D eigenvalue weighted by molar-refractivity contribution is -0.116. The average Bonchev–Trinajstić information content (AvgIpc) is 2.41. The molecule has 2 aromatic carbocycles. The smallest absolute Gasteiger partial charge is 0.147 e. The van der Waals surface area contributed by atoms with Crippen LogP contribution in [0.1, 0.15) is 5.56 Å². The van der Waals surface area contributed by atoms with Crippen LogP contribution < -0.4 is 0 Å². The number of hydrogen-bond acceptors (Lipinski definition) is 2. The quantitative estimate of drug-likeness (QED) is 0.556. The van der Waals surface area contributed by atoms with Gasteiger partial charge in [0.25, 0.3) is 0 Å². The van der Waals surface area contributed by atoms with Crippen molar-refractivity contribution in [2.45, 2.75) is 11.3 Å². The van der Waals surface area contributed by atoms with Crippen molar-refractivity contribution in [3.63, 3.8) is 0 Å². The standard InChI is InChI=1S/C15H11Br2ClOS/c16-11-3-5-14(6-4-11)20-9-13(19)7-10-1-2-12(17)8-15(10)18/h1-6,8H,7,9H2. The molecule has 0 aliphatic carbocycles. The van der Waals surface area contributed by atoms with E-state index in [1.807, 2.05) is 42.5 Å². The lowest BCUT2D eigenvalue weighted by atomic mass is 10.1. The summed E-state index contributed by atoms with van der Waals surface area (Å²) in [6.45, 7) is 0. The molecule has 1 nitrogen and oxygen atoms in total. The summed E-state index contributed by atoms with van der Waals surface area (Å²) >= 11 is 14.4. The summed E-state index contributed by atoms with van der Waals surface area (Å²) in [5.41, 5.74) is 0.872. The number of carbonyl (C=O) groups is 1. The molecule has 0 fully saturated rings. The van der Waals surface area contributed by atoms with Crippen LogP contribution in [-0.4, -0.2) is 11.5 Å². The molecular formula is C15H11Br2ClOS. The number of rotatable bonds is 5. The Labute approximate surface area is 144 Å². The van der Waals surface area contributed by atoms with E-state index in [0.717, 1.165) is 19.4 Å². The van der Waals surface area contributed by atoms with E-state index >= 15 is 0 Å². The van der Waals surface area contributed by atoms with Crippen molar-refractivity contribution in [1.82, 2.24) is 0 Å². The molecule has 0 aliphatic rings. The van der Waals surface area contributed by atoms with E-state index in [1.165, 1.54) is 0 Å². The highest BCUT2D eigenvalue weighted by Gasteiger charge is 2.08. The van der Waals surface area contributed by atoms with Crippen molar-refractivity contribution in [3.05, 3.63) is 62.0 Å². The van der Waals surface area contributed by atoms with Gasteiger partial charge in [0.05, 0.1) is 5.75 Å². The Bertz CT molecular complexity index is 614. The SMILES string of the molecule is O=C(CSc1ccc(Br)cc1)Cc1ccc(Br)cc1Cl. The van der Waals surface area contributed by atoms with Gasteiger partial charge in [0.1, 0.15) is 5.78 Å². The minimum atomic E-state index is 0.169. The third-order valence-corrected chi connectivity index (χ3v) is 5.06. The molecule has 2 rings (SSSR count). The summed E-state index contributed by atoms with van der Waals surface area (Å²) in [4.78, 5) is 13.1. The van der Waals surface area contributed by atoms with E-state index < -0.39 is 0 Å². The van der Waals surface area contributed by atoms with E-state index in [4.69, 9.17) is 11.6 Å². The summed E-state index contributed by atoms with van der Waals surface area (Å²) in [6, 6.07) is 13.5. The van der Waals surface area contributed by atoms with E-state index in [-0.39, 0.29) is 5.78 Å². The first-order valence-electron chi connectivity index (χ1n) is 5.88. The zero-order chi connectivity index (χ0) is 14.5. The fraction of sp³-hybridized carbons (Fsp3) is 0.133. The maximum absolute atomic E-state index is 12.0. The van der Waals surface area contributed by atoms with Gasteiger partial charge in [-0.1, -0.05) is 49.5 Å². The predicted molar refractivity (Wildman–Crippen MR) is 92.7 cm³/mol. The van der Waals surface area contributed by atoms with Crippen LogP contribution in [0.25, 0.3) is 0 Å². The van der Waals surface area contributed by atoms with Crippen LogP contribution in [0.15, 0.2) is 56.3 Å². The molecule has 0 radical (unpaired) electrons. The molecule has 0 bridgehead atoms. The Balaban J connectivity index is 1.90. The summed E-state index contributed by atoms with van der Waals surface area (Å²) in [7, 11) is 0. The van der Waals surface area contributed by atoms with Crippen LogP contribution in [0.4, 0.5) is 0 Å². The number of Topliss-reactive ketones (excluding diaryl/α,β-unsaturated/α-hetero) is 1. The molecule has 0 heterocycles. The third-order valence-electron chi connectivity index (χ3n) is 2.62. The summed E-state index contributed by atoms with van der Waals surface area (Å²) in [5, 5.41) is 0.626. The molecule has 0 amide bonds. The van der Waals surface area contributed by atoms with E-state index in [1.54, 1.807) is 11.8 Å². The van der Waals surface area contributed by atoms with Crippen molar-refractivity contribution in [2.24, 2.45) is 0 Å². The lowest BCUT2D eigenvalue weighted by Crippen LogP contribution is -2.06. The normalized spacial score (nSPS) is 10.6. The predicted octanol–water partition coefficient (Wildman–Crippen LogP) is 5.77. The third kappa shape index (κ3) is 4.92. The van der Waals surface area contributed by atoms with Crippen molar-refractivity contribution < 1.29 is 4.79 Å². The van der Waals surface area contributed by atoms with Crippen molar-refractivity contribution in [3.8, 4) is 0 Å². The van der Waals surface area contributed by atoms with Crippen LogP contribution in [0.2, 0.25) is 5.02 Å². The van der Waals surface area contributed by atoms with Gasteiger partial charge in [0.15, 0.2) is 0 Å². The molecule has 0 aliphatic heterocycles. The second-order valence-electron chi connectivity index (χ2n) is 4.19. The van der Waals surface area contributed by atoms with Gasteiger partial charge in [-0.25, -0.2) is 0 Å². The minimum Gasteiger partial charge on any atom is -0.298 e. The first kappa shape index (κ1) is 16.1. The molecule has 0 atom stereocenters. The van der Waals surface area contributed by atoms with E-state index in [2.05, 4.69) is 31.9 Å². The zero-order valence-electron chi connectivity index (χ0n) is 10.4. The number of ketones is 1. The molecule has 0 saturated heterocycles. The first-order valence-corrected chi connectivity index (χ1v) is 8.83. The summed E-state index contributed by atoms with van der Waals surface area (Å²) < 4.78 is 1.96. The van der Waals surface area contributed by atoms with Gasteiger partial charge in [-0.05, 0) is 42.0 Å². The average molecular weight is 435 g/mol. The highest BCUT2D eigenvalue weighted by molar-refractivity contribution is 9.10. The van der Waals surface area contributed by atoms with Crippen molar-refractivity contribution >= 4 is 61.0 Å². The second kappa shape index (κ2) is 7.64. The maximum Gasteiger partial charge on any atom is 0.147 e. The zero-order valence-corrected chi connectivity index (χ0v) is 15.2. The number of benzene rings is 2. The summed E-state index contributed by atoms with van der Waals surface area (Å²) in [6.07, 6.45) is 0.371. The van der Waals surface area contributed by atoms with Crippen LogP contribution in [-0.2, 0) is 11.2 Å². The number of halogens is 3. The minimum absolute atomic E-state index is 0.169. The van der Waals surface area contributed by atoms with Crippen LogP contribution in [0.5, 0.6) is 0 Å². The van der Waals surface area contributed by atoms with Gasteiger partial charge in [0, 0.05) is 25.3 Å². The van der Waals surface area contributed by atoms with Gasteiger partial charge < -0.3 is 0 Å². The number of carbonyl (C=O) groups excluding carboxylic acids is 1. The van der Waals surface area contributed by atoms with Crippen molar-refractivity contribution in [2.75, 3.05) is 5.75 Å². The highest BCUT2D eigenvalue weighted by atomic mass is 79.9. The Hall–Kier alpha value is -0.290. The molecule has 2 aromatic rings. The van der Waals surface area contributed by atoms with E-state index in [0.29, 0.717) is 17.2 Å². The van der Waals surface area contributed by atoms with Gasteiger partial charge >= 0.3 is 0 Å². The molecule has 0 N–H and O–H groups in total. The Morgan fingerprint density at radius 1 is 1.05 bits per heavy atom. The van der Waals surface area contributed by atoms with Gasteiger partial charge in [-0.2, -0.15) is 0 Å². The highest BCUT2D eigenvalue weighted by Crippen LogP contribution is 2.24.